The quantitative estimate of drug-likeness (QED) is 0.830. The molecular weight excluding hydrogens is 202 g/mol. The summed E-state index contributed by atoms with van der Waals surface area (Å²) < 4.78 is 7.24. The highest BCUT2D eigenvalue weighted by Gasteiger charge is 2.11. The van der Waals surface area contributed by atoms with Crippen molar-refractivity contribution in [2.75, 3.05) is 7.11 Å². The molecule has 0 aliphatic carbocycles. The summed E-state index contributed by atoms with van der Waals surface area (Å²) in [5.74, 6) is 0. The van der Waals surface area contributed by atoms with Crippen LogP contribution in [0.4, 0.5) is 0 Å². The maximum absolute atomic E-state index is 5.24. The summed E-state index contributed by atoms with van der Waals surface area (Å²) in [6, 6.07) is 2.04. The molecule has 4 nitrogen and oxygen atoms in total. The first-order valence-electron chi connectivity index (χ1n) is 5.71. The van der Waals surface area contributed by atoms with Gasteiger partial charge in [-0.1, -0.05) is 0 Å². The molecule has 92 valence electrons. The normalized spacial score (nSPS) is 14.1. The molecule has 16 heavy (non-hydrogen) atoms. The van der Waals surface area contributed by atoms with E-state index >= 15 is 0 Å². The van der Waals surface area contributed by atoms with Crippen molar-refractivity contribution >= 4 is 0 Å². The summed E-state index contributed by atoms with van der Waals surface area (Å²) in [6.45, 7) is 10.1. The fourth-order valence-corrected chi connectivity index (χ4v) is 1.35. The minimum absolute atomic E-state index is 0.127. The van der Waals surface area contributed by atoms with Crippen molar-refractivity contribution < 1.29 is 4.74 Å². The van der Waals surface area contributed by atoms with Crippen LogP contribution in [0.1, 0.15) is 33.4 Å². The largest absolute Gasteiger partial charge is 0.380 e. The zero-order chi connectivity index (χ0) is 12.2. The van der Waals surface area contributed by atoms with E-state index < -0.39 is 0 Å². The van der Waals surface area contributed by atoms with Crippen LogP contribution in [0, 0.1) is 0 Å². The molecule has 1 rings (SSSR count). The van der Waals surface area contributed by atoms with E-state index in [1.807, 2.05) is 23.9 Å². The van der Waals surface area contributed by atoms with Crippen molar-refractivity contribution in [2.45, 2.75) is 52.4 Å². The van der Waals surface area contributed by atoms with Crippen molar-refractivity contribution in [3.8, 4) is 0 Å². The first kappa shape index (κ1) is 13.2. The summed E-state index contributed by atoms with van der Waals surface area (Å²) in [7, 11) is 1.72. The lowest BCUT2D eigenvalue weighted by atomic mass is 10.1. The van der Waals surface area contributed by atoms with Crippen LogP contribution in [0.2, 0.25) is 0 Å². The second-order valence-corrected chi connectivity index (χ2v) is 5.15. The lowest BCUT2D eigenvalue weighted by molar-refractivity contribution is 0.0987. The molecule has 0 saturated carbocycles. The predicted molar refractivity (Wildman–Crippen MR) is 65.3 cm³/mol. The molecule has 0 amide bonds. The highest BCUT2D eigenvalue weighted by molar-refractivity contribution is 5.01. The minimum Gasteiger partial charge on any atom is -0.380 e. The molecular formula is C12H23N3O. The average Bonchev–Trinajstić information content (AvgIpc) is 2.61. The third-order valence-corrected chi connectivity index (χ3v) is 2.44. The van der Waals surface area contributed by atoms with E-state index in [-0.39, 0.29) is 11.6 Å². The molecule has 1 aromatic heterocycles. The summed E-state index contributed by atoms with van der Waals surface area (Å²) in [4.78, 5) is 0. The Bertz CT molecular complexity index is 314. The van der Waals surface area contributed by atoms with Gasteiger partial charge in [0, 0.05) is 25.4 Å². The summed E-state index contributed by atoms with van der Waals surface area (Å²) in [5, 5.41) is 7.76. The molecule has 0 radical (unpaired) electrons. The average molecular weight is 225 g/mol. The fourth-order valence-electron chi connectivity index (χ4n) is 1.35. The van der Waals surface area contributed by atoms with Gasteiger partial charge < -0.3 is 10.1 Å². The Morgan fingerprint density at radius 2 is 2.19 bits per heavy atom. The number of hydrogen-bond donors (Lipinski definition) is 1. The number of rotatable bonds is 5. The monoisotopic (exact) mass is 225 g/mol. The van der Waals surface area contributed by atoms with Gasteiger partial charge >= 0.3 is 0 Å². The molecule has 0 bridgehead atoms. The summed E-state index contributed by atoms with van der Waals surface area (Å²) >= 11 is 0. The molecule has 1 aromatic rings. The highest BCUT2D eigenvalue weighted by Crippen LogP contribution is 2.05. The molecule has 0 aromatic carbocycles. The van der Waals surface area contributed by atoms with Crippen LogP contribution in [0.3, 0.4) is 0 Å². The van der Waals surface area contributed by atoms with Crippen molar-refractivity contribution in [3.05, 3.63) is 18.0 Å². The number of methoxy groups -OCH3 is 1. The van der Waals surface area contributed by atoms with Crippen LogP contribution in [-0.4, -0.2) is 28.5 Å². The SMILES string of the molecule is COC(C)Cn1nccc1CNC(C)(C)C. The predicted octanol–water partition coefficient (Wildman–Crippen LogP) is 1.81. The van der Waals surface area contributed by atoms with Gasteiger partial charge in [0.2, 0.25) is 0 Å². The van der Waals surface area contributed by atoms with Gasteiger partial charge in [-0.3, -0.25) is 4.68 Å². The van der Waals surface area contributed by atoms with Gasteiger partial charge in [0.1, 0.15) is 0 Å². The number of hydrogen-bond acceptors (Lipinski definition) is 3. The number of aromatic nitrogens is 2. The maximum atomic E-state index is 5.24. The third kappa shape index (κ3) is 4.33. The second kappa shape index (κ2) is 5.46. The van der Waals surface area contributed by atoms with E-state index in [2.05, 4.69) is 31.2 Å². The second-order valence-electron chi connectivity index (χ2n) is 5.15. The lowest BCUT2D eigenvalue weighted by Crippen LogP contribution is -2.36. The smallest absolute Gasteiger partial charge is 0.0739 e. The molecule has 1 N–H and O–H groups in total. The molecule has 0 spiro atoms. The maximum Gasteiger partial charge on any atom is 0.0739 e. The highest BCUT2D eigenvalue weighted by atomic mass is 16.5. The Kier molecular flexibility index (Phi) is 4.50. The standard InChI is InChI=1S/C12H23N3O/c1-10(16-5)9-15-11(6-7-14-15)8-13-12(2,3)4/h6-7,10,13H,8-9H2,1-5H3. The van der Waals surface area contributed by atoms with E-state index in [0.29, 0.717) is 0 Å². The molecule has 0 saturated heterocycles. The topological polar surface area (TPSA) is 39.1 Å². The van der Waals surface area contributed by atoms with Crippen molar-refractivity contribution in [3.63, 3.8) is 0 Å². The molecule has 4 heteroatoms. The Morgan fingerprint density at radius 1 is 1.50 bits per heavy atom. The van der Waals surface area contributed by atoms with Crippen molar-refractivity contribution in [1.29, 1.82) is 0 Å². The van der Waals surface area contributed by atoms with Crippen LogP contribution in [0.5, 0.6) is 0 Å². The van der Waals surface area contributed by atoms with E-state index in [0.717, 1.165) is 13.1 Å². The fraction of sp³-hybridized carbons (Fsp3) is 0.750. The zero-order valence-corrected chi connectivity index (χ0v) is 10.9. The Balaban J connectivity index is 2.57. The van der Waals surface area contributed by atoms with Gasteiger partial charge in [-0.15, -0.1) is 0 Å². The molecule has 0 aliphatic rings. The van der Waals surface area contributed by atoms with Gasteiger partial charge in [0.25, 0.3) is 0 Å². The molecule has 0 aliphatic heterocycles. The Labute approximate surface area is 98.0 Å². The number of nitrogens with one attached hydrogen (secondary N) is 1. The molecule has 1 unspecified atom stereocenters. The molecule has 1 atom stereocenters. The van der Waals surface area contributed by atoms with E-state index in [1.54, 1.807) is 7.11 Å². The lowest BCUT2D eigenvalue weighted by Gasteiger charge is -2.21. The van der Waals surface area contributed by atoms with Crippen LogP contribution >= 0.6 is 0 Å². The van der Waals surface area contributed by atoms with Crippen molar-refractivity contribution in [2.24, 2.45) is 0 Å². The Hall–Kier alpha value is -0.870. The molecule has 1 heterocycles. The first-order valence-corrected chi connectivity index (χ1v) is 5.71. The number of nitrogens with zero attached hydrogens (tertiary/aromatic N) is 2. The minimum atomic E-state index is 0.127. The van der Waals surface area contributed by atoms with Gasteiger partial charge in [0.05, 0.1) is 18.3 Å². The summed E-state index contributed by atoms with van der Waals surface area (Å²) in [5.41, 5.74) is 1.32. The van der Waals surface area contributed by atoms with Crippen LogP contribution in [0.15, 0.2) is 12.3 Å². The van der Waals surface area contributed by atoms with E-state index in [4.69, 9.17) is 4.74 Å². The zero-order valence-electron chi connectivity index (χ0n) is 10.9. The third-order valence-electron chi connectivity index (χ3n) is 2.44. The van der Waals surface area contributed by atoms with Gasteiger partial charge in [-0.25, -0.2) is 0 Å². The van der Waals surface area contributed by atoms with Crippen LogP contribution < -0.4 is 5.32 Å². The van der Waals surface area contributed by atoms with E-state index in [1.165, 1.54) is 5.69 Å². The van der Waals surface area contributed by atoms with Crippen molar-refractivity contribution in [1.82, 2.24) is 15.1 Å². The summed E-state index contributed by atoms with van der Waals surface area (Å²) in [6.07, 6.45) is 2.02. The van der Waals surface area contributed by atoms with Gasteiger partial charge in [-0.05, 0) is 33.8 Å². The van der Waals surface area contributed by atoms with Gasteiger partial charge in [0.15, 0.2) is 0 Å². The first-order chi connectivity index (χ1) is 7.42. The van der Waals surface area contributed by atoms with Gasteiger partial charge in [-0.2, -0.15) is 5.10 Å². The van der Waals surface area contributed by atoms with E-state index in [9.17, 15) is 0 Å². The Morgan fingerprint density at radius 3 is 2.75 bits per heavy atom. The van der Waals surface area contributed by atoms with Crippen LogP contribution in [-0.2, 0) is 17.8 Å². The van der Waals surface area contributed by atoms with Crippen LogP contribution in [0.25, 0.3) is 0 Å². The molecule has 0 fully saturated rings. The number of ether oxygens (including phenoxy) is 1.